The number of aryl methyl sites for hydroxylation is 2. The highest BCUT2D eigenvalue weighted by Gasteiger charge is 2.30. The molecule has 0 atom stereocenters. The molecule has 0 bridgehead atoms. The Kier molecular flexibility index (Phi) is 6.81. The van der Waals surface area contributed by atoms with Gasteiger partial charge in [0.15, 0.2) is 11.3 Å². The molecule has 7 nitrogen and oxygen atoms in total. The number of nitrogens with zero attached hydrogens (tertiary/aromatic N) is 1. The fourth-order valence-electron chi connectivity index (χ4n) is 4.03. The Morgan fingerprint density at radius 1 is 1.09 bits per heavy atom. The van der Waals surface area contributed by atoms with Crippen molar-refractivity contribution in [3.63, 3.8) is 0 Å². The highest BCUT2D eigenvalue weighted by Crippen LogP contribution is 2.35. The lowest BCUT2D eigenvalue weighted by molar-refractivity contribution is 0.0283. The molecule has 2 aromatic carbocycles. The quantitative estimate of drug-likeness (QED) is 0.564. The van der Waals surface area contributed by atoms with Crippen molar-refractivity contribution in [1.29, 1.82) is 0 Å². The SMILES string of the molecule is Cc1cc2c(C)c(C(=O)N3CCOCC3)oc2c(S(=O)(=O)NCCc2ccc(Cl)cc2)c1C. The summed E-state index contributed by atoms with van der Waals surface area (Å²) in [7, 11) is -3.89. The van der Waals surface area contributed by atoms with Gasteiger partial charge < -0.3 is 14.1 Å². The van der Waals surface area contributed by atoms with Crippen LogP contribution in [0, 0.1) is 20.8 Å². The number of hydrogen-bond donors (Lipinski definition) is 1. The number of carbonyl (C=O) groups is 1. The standard InChI is InChI=1S/C24H27ClN2O5S/c1-15-14-20-17(3)21(24(28)27-10-12-31-13-11-27)32-22(20)23(16(15)2)33(29,30)26-9-8-18-4-6-19(25)7-5-18/h4-7,14,26H,8-13H2,1-3H3. The molecule has 1 N–H and O–H groups in total. The van der Waals surface area contributed by atoms with Crippen LogP contribution in [0.5, 0.6) is 0 Å². The molecule has 176 valence electrons. The molecule has 0 unspecified atom stereocenters. The summed E-state index contributed by atoms with van der Waals surface area (Å²) < 4.78 is 40.7. The third-order valence-electron chi connectivity index (χ3n) is 6.07. The molecule has 0 aliphatic carbocycles. The first-order valence-corrected chi connectivity index (χ1v) is 12.7. The molecule has 1 saturated heterocycles. The average molecular weight is 491 g/mol. The topological polar surface area (TPSA) is 88.9 Å². The van der Waals surface area contributed by atoms with E-state index in [2.05, 4.69) is 4.72 Å². The van der Waals surface area contributed by atoms with Crippen molar-refractivity contribution in [3.8, 4) is 0 Å². The smallest absolute Gasteiger partial charge is 0.290 e. The van der Waals surface area contributed by atoms with E-state index in [1.807, 2.05) is 25.1 Å². The Morgan fingerprint density at radius 2 is 1.76 bits per heavy atom. The minimum absolute atomic E-state index is 0.0812. The summed E-state index contributed by atoms with van der Waals surface area (Å²) >= 11 is 5.92. The lowest BCUT2D eigenvalue weighted by atomic mass is 10.0. The van der Waals surface area contributed by atoms with Crippen LogP contribution in [-0.4, -0.2) is 52.1 Å². The van der Waals surface area contributed by atoms with E-state index >= 15 is 0 Å². The van der Waals surface area contributed by atoms with Gasteiger partial charge in [0.05, 0.1) is 13.2 Å². The van der Waals surface area contributed by atoms with Crippen LogP contribution < -0.4 is 4.72 Å². The van der Waals surface area contributed by atoms with Gasteiger partial charge in [-0.3, -0.25) is 4.79 Å². The van der Waals surface area contributed by atoms with Gasteiger partial charge in [-0.1, -0.05) is 23.7 Å². The van der Waals surface area contributed by atoms with Gasteiger partial charge in [-0.15, -0.1) is 0 Å². The summed E-state index contributed by atoms with van der Waals surface area (Å²) in [6.45, 7) is 7.52. The lowest BCUT2D eigenvalue weighted by Crippen LogP contribution is -2.40. The van der Waals surface area contributed by atoms with Gasteiger partial charge in [0.1, 0.15) is 4.90 Å². The number of furan rings is 1. The van der Waals surface area contributed by atoms with Crippen molar-refractivity contribution in [2.45, 2.75) is 32.1 Å². The maximum Gasteiger partial charge on any atom is 0.290 e. The maximum absolute atomic E-state index is 13.4. The molecule has 4 rings (SSSR count). The largest absolute Gasteiger partial charge is 0.449 e. The minimum Gasteiger partial charge on any atom is -0.449 e. The number of morpholine rings is 1. The van der Waals surface area contributed by atoms with E-state index in [1.54, 1.807) is 30.9 Å². The molecule has 1 aromatic heterocycles. The van der Waals surface area contributed by atoms with Crippen LogP contribution in [0.2, 0.25) is 5.02 Å². The third kappa shape index (κ3) is 4.80. The van der Waals surface area contributed by atoms with Crippen molar-refractivity contribution in [3.05, 3.63) is 63.4 Å². The summed E-state index contributed by atoms with van der Waals surface area (Å²) in [5.74, 6) is -0.0733. The molecule has 9 heteroatoms. The highest BCUT2D eigenvalue weighted by molar-refractivity contribution is 7.89. The van der Waals surface area contributed by atoms with E-state index in [9.17, 15) is 13.2 Å². The molecule has 1 amide bonds. The van der Waals surface area contributed by atoms with Gasteiger partial charge >= 0.3 is 0 Å². The molecule has 1 aliphatic rings. The second-order valence-corrected chi connectivity index (χ2v) is 10.4. The van der Waals surface area contributed by atoms with Crippen molar-refractivity contribution in [2.24, 2.45) is 0 Å². The van der Waals surface area contributed by atoms with Crippen LogP contribution in [0.25, 0.3) is 11.0 Å². The van der Waals surface area contributed by atoms with Gasteiger partial charge in [-0.05, 0) is 62.1 Å². The number of ether oxygens (including phenoxy) is 1. The molecule has 0 saturated carbocycles. The molecule has 0 spiro atoms. The van der Waals surface area contributed by atoms with E-state index in [4.69, 9.17) is 20.8 Å². The first-order chi connectivity index (χ1) is 15.7. The van der Waals surface area contributed by atoms with Crippen molar-refractivity contribution >= 4 is 38.5 Å². The number of sulfonamides is 1. The molecule has 1 aliphatic heterocycles. The summed E-state index contributed by atoms with van der Waals surface area (Å²) in [6, 6.07) is 9.17. The normalized spacial score (nSPS) is 14.7. The first kappa shape index (κ1) is 23.8. The van der Waals surface area contributed by atoms with Crippen LogP contribution in [0.15, 0.2) is 39.6 Å². The number of carbonyl (C=O) groups excluding carboxylic acids is 1. The summed E-state index contributed by atoms with van der Waals surface area (Å²) in [4.78, 5) is 14.8. The number of hydrogen-bond acceptors (Lipinski definition) is 5. The molecule has 3 aromatic rings. The fraction of sp³-hybridized carbons (Fsp3) is 0.375. The highest BCUT2D eigenvalue weighted by atomic mass is 35.5. The molecular weight excluding hydrogens is 464 g/mol. The Labute approximate surface area is 198 Å². The molecule has 2 heterocycles. The molecule has 1 fully saturated rings. The predicted molar refractivity (Wildman–Crippen MR) is 127 cm³/mol. The zero-order chi connectivity index (χ0) is 23.8. The predicted octanol–water partition coefficient (Wildman–Crippen LogP) is 4.00. The third-order valence-corrected chi connectivity index (χ3v) is 7.94. The Hall–Kier alpha value is -2.39. The summed E-state index contributed by atoms with van der Waals surface area (Å²) in [6.07, 6.45) is 0.516. The zero-order valence-corrected chi connectivity index (χ0v) is 20.5. The number of nitrogens with one attached hydrogen (secondary N) is 1. The van der Waals surface area contributed by atoms with Gasteiger partial charge in [-0.25, -0.2) is 13.1 Å². The van der Waals surface area contributed by atoms with E-state index < -0.39 is 10.0 Å². The maximum atomic E-state index is 13.4. The van der Waals surface area contributed by atoms with E-state index in [-0.39, 0.29) is 28.7 Å². The Morgan fingerprint density at radius 3 is 2.42 bits per heavy atom. The first-order valence-electron chi connectivity index (χ1n) is 10.8. The monoisotopic (exact) mass is 490 g/mol. The van der Waals surface area contributed by atoms with Crippen molar-refractivity contribution in [1.82, 2.24) is 9.62 Å². The second-order valence-electron chi connectivity index (χ2n) is 8.26. The van der Waals surface area contributed by atoms with Gasteiger partial charge in [0, 0.05) is 35.6 Å². The van der Waals surface area contributed by atoms with E-state index in [1.165, 1.54) is 0 Å². The van der Waals surface area contributed by atoms with Crippen LogP contribution in [-0.2, 0) is 21.2 Å². The lowest BCUT2D eigenvalue weighted by Gasteiger charge is -2.26. The van der Waals surface area contributed by atoms with Crippen LogP contribution in [0.1, 0.15) is 32.8 Å². The Bertz CT molecular complexity index is 1290. The van der Waals surface area contributed by atoms with E-state index in [0.29, 0.717) is 54.3 Å². The number of fused-ring (bicyclic) bond motifs is 1. The summed E-state index contributed by atoms with van der Waals surface area (Å²) in [5.41, 5.74) is 3.24. The summed E-state index contributed by atoms with van der Waals surface area (Å²) in [5, 5.41) is 1.26. The van der Waals surface area contributed by atoms with Gasteiger partial charge in [-0.2, -0.15) is 0 Å². The van der Waals surface area contributed by atoms with Crippen LogP contribution in [0.3, 0.4) is 0 Å². The van der Waals surface area contributed by atoms with Crippen molar-refractivity contribution < 1.29 is 22.4 Å². The molecule has 33 heavy (non-hydrogen) atoms. The fourth-order valence-corrected chi connectivity index (χ4v) is 5.63. The Balaban J connectivity index is 1.67. The molecular formula is C24H27ClN2O5S. The van der Waals surface area contributed by atoms with Gasteiger partial charge in [0.25, 0.3) is 5.91 Å². The van der Waals surface area contributed by atoms with E-state index in [0.717, 1.165) is 11.1 Å². The van der Waals surface area contributed by atoms with Crippen LogP contribution >= 0.6 is 11.6 Å². The number of benzene rings is 2. The number of amides is 1. The minimum atomic E-state index is -3.89. The van der Waals surface area contributed by atoms with Gasteiger partial charge in [0.2, 0.25) is 10.0 Å². The van der Waals surface area contributed by atoms with Crippen molar-refractivity contribution in [2.75, 3.05) is 32.8 Å². The average Bonchev–Trinajstić information content (AvgIpc) is 3.11. The van der Waals surface area contributed by atoms with Crippen LogP contribution in [0.4, 0.5) is 0 Å². The second kappa shape index (κ2) is 9.46. The zero-order valence-electron chi connectivity index (χ0n) is 18.9. The number of rotatable bonds is 6. The number of halogens is 1. The molecule has 0 radical (unpaired) electrons.